The van der Waals surface area contributed by atoms with Crippen LogP contribution in [-0.2, 0) is 6.42 Å². The van der Waals surface area contributed by atoms with Crippen molar-refractivity contribution in [3.63, 3.8) is 0 Å². The molecule has 1 heterocycles. The van der Waals surface area contributed by atoms with Gasteiger partial charge in [-0.25, -0.2) is 4.79 Å². The van der Waals surface area contributed by atoms with E-state index in [2.05, 4.69) is 55.6 Å². The van der Waals surface area contributed by atoms with Crippen LogP contribution in [0.3, 0.4) is 0 Å². The molecule has 0 aliphatic rings. The average Bonchev–Trinajstić information content (AvgIpc) is 3.40. The molecule has 0 bridgehead atoms. The number of aromatic amines is 1. The lowest BCUT2D eigenvalue weighted by molar-refractivity contribution is 0.102. The molecule has 3 aromatic carbocycles. The molecular formula is C26H27N7O2. The molecule has 178 valence electrons. The Morgan fingerprint density at radius 3 is 2.20 bits per heavy atom. The number of nitrogens with one attached hydrogen (secondary N) is 4. The van der Waals surface area contributed by atoms with Crippen molar-refractivity contribution in [1.82, 2.24) is 25.9 Å². The third-order valence-electron chi connectivity index (χ3n) is 5.52. The number of rotatable bonds is 9. The van der Waals surface area contributed by atoms with E-state index in [1.54, 1.807) is 12.1 Å². The molecule has 1 aromatic heterocycles. The van der Waals surface area contributed by atoms with Gasteiger partial charge in [-0.15, -0.1) is 5.10 Å². The molecule has 35 heavy (non-hydrogen) atoms. The van der Waals surface area contributed by atoms with Gasteiger partial charge in [0.25, 0.3) is 11.9 Å². The molecule has 0 aliphatic heterocycles. The van der Waals surface area contributed by atoms with Crippen LogP contribution < -0.4 is 16.0 Å². The minimum absolute atomic E-state index is 0.0966. The van der Waals surface area contributed by atoms with E-state index in [0.717, 1.165) is 30.4 Å². The number of carbonyl (C=O) groups excluding carboxylic acids is 2. The minimum atomic E-state index is -0.409. The number of hydrogen-bond acceptors (Lipinski definition) is 5. The number of urea groups is 1. The molecule has 9 heteroatoms. The van der Waals surface area contributed by atoms with E-state index in [0.29, 0.717) is 11.3 Å². The van der Waals surface area contributed by atoms with Gasteiger partial charge >= 0.3 is 6.03 Å². The SMILES string of the molecule is CCCCc1ccc(C(NC(=O)Nc2ccccc2)c2ccc(C(=O)Nc3nn[nH]n3)cc2)cc1. The van der Waals surface area contributed by atoms with E-state index < -0.39 is 6.04 Å². The molecular weight excluding hydrogens is 442 g/mol. The zero-order chi connectivity index (χ0) is 24.5. The maximum atomic E-state index is 12.8. The van der Waals surface area contributed by atoms with Crippen LogP contribution in [0.15, 0.2) is 78.9 Å². The first-order chi connectivity index (χ1) is 17.1. The molecule has 4 rings (SSSR count). The number of para-hydroxylation sites is 1. The van der Waals surface area contributed by atoms with Crippen molar-refractivity contribution in [2.45, 2.75) is 32.2 Å². The first kappa shape index (κ1) is 23.6. The summed E-state index contributed by atoms with van der Waals surface area (Å²) in [6.07, 6.45) is 3.29. The van der Waals surface area contributed by atoms with Crippen molar-refractivity contribution < 1.29 is 9.59 Å². The summed E-state index contributed by atoms with van der Waals surface area (Å²) in [7, 11) is 0. The average molecular weight is 470 g/mol. The van der Waals surface area contributed by atoms with Crippen LogP contribution in [-0.4, -0.2) is 32.6 Å². The zero-order valence-electron chi connectivity index (χ0n) is 19.4. The predicted octanol–water partition coefficient (Wildman–Crippen LogP) is 4.71. The number of unbranched alkanes of at least 4 members (excludes halogenated alkanes) is 1. The van der Waals surface area contributed by atoms with E-state index in [1.165, 1.54) is 5.56 Å². The Kier molecular flexibility index (Phi) is 7.80. The highest BCUT2D eigenvalue weighted by Crippen LogP contribution is 2.24. The molecule has 1 atom stereocenters. The zero-order valence-corrected chi connectivity index (χ0v) is 19.4. The van der Waals surface area contributed by atoms with Gasteiger partial charge in [-0.1, -0.05) is 73.0 Å². The molecule has 0 saturated carbocycles. The summed E-state index contributed by atoms with van der Waals surface area (Å²) in [4.78, 5) is 25.3. The number of hydrogen-bond donors (Lipinski definition) is 4. The van der Waals surface area contributed by atoms with Crippen LogP contribution >= 0.6 is 0 Å². The normalized spacial score (nSPS) is 11.5. The molecule has 0 radical (unpaired) electrons. The third-order valence-corrected chi connectivity index (χ3v) is 5.52. The molecule has 0 saturated heterocycles. The van der Waals surface area contributed by atoms with Crippen LogP contribution in [0.25, 0.3) is 0 Å². The second-order valence-electron chi connectivity index (χ2n) is 8.05. The van der Waals surface area contributed by atoms with E-state index in [-0.39, 0.29) is 17.9 Å². The number of aryl methyl sites for hydroxylation is 1. The number of aromatic nitrogens is 4. The van der Waals surface area contributed by atoms with Crippen molar-refractivity contribution in [2.75, 3.05) is 10.6 Å². The predicted molar refractivity (Wildman–Crippen MR) is 134 cm³/mol. The number of carbonyl (C=O) groups is 2. The summed E-state index contributed by atoms with van der Waals surface area (Å²) < 4.78 is 0. The van der Waals surface area contributed by atoms with Crippen molar-refractivity contribution in [3.8, 4) is 0 Å². The van der Waals surface area contributed by atoms with Crippen molar-refractivity contribution in [1.29, 1.82) is 0 Å². The van der Waals surface area contributed by atoms with E-state index in [4.69, 9.17) is 0 Å². The van der Waals surface area contributed by atoms with E-state index >= 15 is 0 Å². The minimum Gasteiger partial charge on any atom is -0.327 e. The molecule has 0 spiro atoms. The number of amides is 3. The fourth-order valence-electron chi connectivity index (χ4n) is 3.65. The van der Waals surface area contributed by atoms with Gasteiger partial charge in [-0.3, -0.25) is 10.1 Å². The van der Waals surface area contributed by atoms with Crippen LogP contribution in [0.2, 0.25) is 0 Å². The lowest BCUT2D eigenvalue weighted by Gasteiger charge is -2.21. The summed E-state index contributed by atoms with van der Waals surface area (Å²) in [6, 6.07) is 23.9. The van der Waals surface area contributed by atoms with Gasteiger partial charge in [0, 0.05) is 11.3 Å². The Morgan fingerprint density at radius 1 is 0.886 bits per heavy atom. The Labute approximate surface area is 203 Å². The van der Waals surface area contributed by atoms with Crippen LogP contribution in [0, 0.1) is 0 Å². The standard InChI is InChI=1S/C26H27N7O2/c1-2-3-7-18-10-12-19(13-11-18)23(28-26(35)27-22-8-5-4-6-9-22)20-14-16-21(17-15-20)24(34)29-25-30-32-33-31-25/h4-6,8-17,23H,2-3,7H2,1H3,(H2,27,28,35)(H2,29,30,31,32,33,34). The van der Waals surface area contributed by atoms with Gasteiger partial charge in [0.05, 0.1) is 6.04 Å². The lowest BCUT2D eigenvalue weighted by atomic mass is 9.96. The third kappa shape index (κ3) is 6.50. The highest BCUT2D eigenvalue weighted by Gasteiger charge is 2.18. The number of benzene rings is 3. The first-order valence-electron chi connectivity index (χ1n) is 11.5. The fourth-order valence-corrected chi connectivity index (χ4v) is 3.65. The molecule has 1 unspecified atom stereocenters. The van der Waals surface area contributed by atoms with E-state index in [1.807, 2.05) is 54.6 Å². The number of anilines is 2. The Bertz CT molecular complexity index is 1230. The summed E-state index contributed by atoms with van der Waals surface area (Å²) in [5.74, 6) is -0.260. The van der Waals surface area contributed by atoms with Crippen molar-refractivity contribution in [3.05, 3.63) is 101 Å². The molecule has 0 aliphatic carbocycles. The van der Waals surface area contributed by atoms with Crippen LogP contribution in [0.1, 0.15) is 52.9 Å². The summed E-state index contributed by atoms with van der Waals surface area (Å²) in [5, 5.41) is 21.7. The molecule has 4 aromatic rings. The second kappa shape index (κ2) is 11.6. The topological polar surface area (TPSA) is 125 Å². The quantitative estimate of drug-likeness (QED) is 0.283. The van der Waals surface area contributed by atoms with Gasteiger partial charge in [-0.2, -0.15) is 5.21 Å². The highest BCUT2D eigenvalue weighted by molar-refractivity contribution is 6.03. The van der Waals surface area contributed by atoms with Crippen LogP contribution in [0.4, 0.5) is 16.4 Å². The Morgan fingerprint density at radius 2 is 1.57 bits per heavy atom. The summed E-state index contributed by atoms with van der Waals surface area (Å²) in [5.41, 5.74) is 4.17. The fraction of sp³-hybridized carbons (Fsp3) is 0.192. The monoisotopic (exact) mass is 469 g/mol. The summed E-state index contributed by atoms with van der Waals surface area (Å²) in [6.45, 7) is 2.17. The van der Waals surface area contributed by atoms with Gasteiger partial charge in [-0.05, 0) is 59.0 Å². The number of tetrazole rings is 1. The van der Waals surface area contributed by atoms with Gasteiger partial charge in [0.2, 0.25) is 0 Å². The maximum Gasteiger partial charge on any atom is 0.319 e. The maximum absolute atomic E-state index is 12.8. The largest absolute Gasteiger partial charge is 0.327 e. The Hall–Kier alpha value is -4.53. The lowest BCUT2D eigenvalue weighted by Crippen LogP contribution is -2.33. The van der Waals surface area contributed by atoms with Crippen molar-refractivity contribution >= 4 is 23.6 Å². The summed E-state index contributed by atoms with van der Waals surface area (Å²) >= 11 is 0. The van der Waals surface area contributed by atoms with Crippen molar-refractivity contribution in [2.24, 2.45) is 0 Å². The number of nitrogens with zero attached hydrogens (tertiary/aromatic N) is 3. The molecule has 3 amide bonds. The second-order valence-corrected chi connectivity index (χ2v) is 8.05. The van der Waals surface area contributed by atoms with E-state index in [9.17, 15) is 9.59 Å². The van der Waals surface area contributed by atoms with Crippen LogP contribution in [0.5, 0.6) is 0 Å². The molecule has 0 fully saturated rings. The first-order valence-corrected chi connectivity index (χ1v) is 11.5. The number of H-pyrrole nitrogens is 1. The Balaban J connectivity index is 1.54. The highest BCUT2D eigenvalue weighted by atomic mass is 16.2. The van der Waals surface area contributed by atoms with Gasteiger partial charge in [0.15, 0.2) is 0 Å². The molecule has 9 nitrogen and oxygen atoms in total. The molecule has 4 N–H and O–H groups in total. The smallest absolute Gasteiger partial charge is 0.319 e. The van der Waals surface area contributed by atoms with Gasteiger partial charge in [0.1, 0.15) is 0 Å². The van der Waals surface area contributed by atoms with Gasteiger partial charge < -0.3 is 10.6 Å².